The van der Waals surface area contributed by atoms with Gasteiger partial charge < -0.3 is 0 Å². The third kappa shape index (κ3) is 4.82. The van der Waals surface area contributed by atoms with Crippen molar-refractivity contribution in [3.63, 3.8) is 0 Å². The number of aromatic amines is 1. The molecule has 0 fully saturated rings. The minimum absolute atomic E-state index is 0.0140. The van der Waals surface area contributed by atoms with Gasteiger partial charge in [0.1, 0.15) is 12.2 Å². The van der Waals surface area contributed by atoms with E-state index in [9.17, 15) is 8.42 Å². The van der Waals surface area contributed by atoms with E-state index in [1.165, 1.54) is 10.6 Å². The molecule has 0 saturated heterocycles. The molecule has 0 bridgehead atoms. The highest BCUT2D eigenvalue weighted by molar-refractivity contribution is 7.89. The Hall–Kier alpha value is -0.950. The monoisotopic (exact) mass is 260 g/mol. The Morgan fingerprint density at radius 2 is 2.06 bits per heavy atom. The molecule has 6 nitrogen and oxygen atoms in total. The van der Waals surface area contributed by atoms with Crippen molar-refractivity contribution in [1.82, 2.24) is 19.5 Å². The quantitative estimate of drug-likeness (QED) is 0.856. The van der Waals surface area contributed by atoms with E-state index in [0.717, 1.165) is 0 Å². The average Bonchev–Trinajstić information content (AvgIpc) is 2.66. The highest BCUT2D eigenvalue weighted by atomic mass is 32.2. The summed E-state index contributed by atoms with van der Waals surface area (Å²) in [5.74, 6) is 0.702. The summed E-state index contributed by atoms with van der Waals surface area (Å²) in [6.07, 6.45) is 2.00. The summed E-state index contributed by atoms with van der Waals surface area (Å²) >= 11 is 0. The first-order valence-electron chi connectivity index (χ1n) is 5.49. The third-order valence-electron chi connectivity index (χ3n) is 2.42. The lowest BCUT2D eigenvalue weighted by Gasteiger charge is -2.21. The van der Waals surface area contributed by atoms with Gasteiger partial charge in [0.05, 0.1) is 12.3 Å². The predicted molar refractivity (Wildman–Crippen MR) is 65.7 cm³/mol. The van der Waals surface area contributed by atoms with Crippen LogP contribution in [0.4, 0.5) is 0 Å². The molecular formula is C10H20N4O2S. The molecule has 0 amide bonds. The van der Waals surface area contributed by atoms with Gasteiger partial charge in [0.15, 0.2) is 0 Å². The lowest BCUT2D eigenvalue weighted by molar-refractivity contribution is 0.387. The van der Waals surface area contributed by atoms with E-state index < -0.39 is 10.0 Å². The van der Waals surface area contributed by atoms with Crippen LogP contribution >= 0.6 is 0 Å². The predicted octanol–water partition coefficient (Wildman–Crippen LogP) is 1.00. The zero-order chi connectivity index (χ0) is 13.1. The lowest BCUT2D eigenvalue weighted by atomic mass is 9.94. The summed E-state index contributed by atoms with van der Waals surface area (Å²) in [6, 6.07) is 0. The van der Waals surface area contributed by atoms with E-state index in [4.69, 9.17) is 0 Å². The van der Waals surface area contributed by atoms with Crippen LogP contribution in [-0.2, 0) is 16.6 Å². The number of aromatic nitrogens is 3. The van der Waals surface area contributed by atoms with Crippen LogP contribution in [0, 0.1) is 5.41 Å². The van der Waals surface area contributed by atoms with E-state index in [1.807, 2.05) is 20.8 Å². The van der Waals surface area contributed by atoms with Crippen molar-refractivity contribution in [3.8, 4) is 0 Å². The molecule has 1 rings (SSSR count). The third-order valence-corrected chi connectivity index (χ3v) is 4.22. The molecule has 0 aliphatic rings. The Balaban J connectivity index is 2.58. The van der Waals surface area contributed by atoms with Crippen molar-refractivity contribution >= 4 is 10.0 Å². The van der Waals surface area contributed by atoms with Gasteiger partial charge >= 0.3 is 0 Å². The summed E-state index contributed by atoms with van der Waals surface area (Å²) in [5.41, 5.74) is 0.0140. The standard InChI is InChI=1S/C10H20N4O2S/c1-10(2,3)5-6-17(15,16)14(4)7-9-11-8-12-13-9/h8H,5-7H2,1-4H3,(H,11,12,13). The molecule has 1 aromatic rings. The van der Waals surface area contributed by atoms with Gasteiger partial charge in [0, 0.05) is 7.05 Å². The molecule has 0 unspecified atom stereocenters. The molecule has 1 N–H and O–H groups in total. The van der Waals surface area contributed by atoms with Gasteiger partial charge in [0.25, 0.3) is 0 Å². The number of rotatable bonds is 5. The smallest absolute Gasteiger partial charge is 0.214 e. The normalized spacial score (nSPS) is 13.2. The number of nitrogens with one attached hydrogen (secondary N) is 1. The van der Waals surface area contributed by atoms with Gasteiger partial charge in [-0.3, -0.25) is 5.10 Å². The molecular weight excluding hydrogens is 240 g/mol. The summed E-state index contributed by atoms with van der Waals surface area (Å²) in [7, 11) is -1.67. The van der Waals surface area contributed by atoms with Gasteiger partial charge in [-0.1, -0.05) is 20.8 Å². The van der Waals surface area contributed by atoms with E-state index >= 15 is 0 Å². The lowest BCUT2D eigenvalue weighted by Crippen LogP contribution is -2.30. The molecule has 17 heavy (non-hydrogen) atoms. The fourth-order valence-electron chi connectivity index (χ4n) is 1.21. The summed E-state index contributed by atoms with van der Waals surface area (Å²) in [5, 5.41) is 6.33. The number of nitrogens with zero attached hydrogens (tertiary/aromatic N) is 3. The number of sulfonamides is 1. The second kappa shape index (κ2) is 5.14. The fraction of sp³-hybridized carbons (Fsp3) is 0.800. The Bertz CT molecular complexity index is 433. The van der Waals surface area contributed by atoms with Crippen molar-refractivity contribution in [2.45, 2.75) is 33.7 Å². The van der Waals surface area contributed by atoms with Gasteiger partial charge in [-0.2, -0.15) is 9.40 Å². The Morgan fingerprint density at radius 3 is 2.53 bits per heavy atom. The van der Waals surface area contributed by atoms with Crippen LogP contribution in [0.2, 0.25) is 0 Å². The van der Waals surface area contributed by atoms with Gasteiger partial charge in [-0.25, -0.2) is 13.4 Å². The van der Waals surface area contributed by atoms with E-state index in [1.54, 1.807) is 7.05 Å². The van der Waals surface area contributed by atoms with Crippen LogP contribution in [0.3, 0.4) is 0 Å². The van der Waals surface area contributed by atoms with Crippen molar-refractivity contribution < 1.29 is 8.42 Å². The molecule has 1 heterocycles. The van der Waals surface area contributed by atoms with Crippen LogP contribution in [0.1, 0.15) is 33.0 Å². The molecule has 0 saturated carbocycles. The largest absolute Gasteiger partial charge is 0.262 e. The van der Waals surface area contributed by atoms with E-state index in [0.29, 0.717) is 12.2 Å². The maximum Gasteiger partial charge on any atom is 0.214 e. The number of hydrogen-bond donors (Lipinski definition) is 1. The molecule has 1 aromatic heterocycles. The highest BCUT2D eigenvalue weighted by Crippen LogP contribution is 2.20. The van der Waals surface area contributed by atoms with E-state index in [2.05, 4.69) is 15.2 Å². The first kappa shape index (κ1) is 14.1. The minimum Gasteiger partial charge on any atom is -0.262 e. The van der Waals surface area contributed by atoms with E-state index in [-0.39, 0.29) is 17.7 Å². The summed E-state index contributed by atoms with van der Waals surface area (Å²) in [6.45, 7) is 6.31. The van der Waals surface area contributed by atoms with Crippen LogP contribution in [-0.4, -0.2) is 40.7 Å². The van der Waals surface area contributed by atoms with Crippen molar-refractivity contribution in [2.24, 2.45) is 5.41 Å². The minimum atomic E-state index is -3.22. The second-order valence-electron chi connectivity index (χ2n) is 5.31. The first-order valence-corrected chi connectivity index (χ1v) is 7.10. The van der Waals surface area contributed by atoms with Crippen molar-refractivity contribution in [2.75, 3.05) is 12.8 Å². The van der Waals surface area contributed by atoms with Gasteiger partial charge in [-0.05, 0) is 11.8 Å². The SMILES string of the molecule is CN(Cc1ncn[nH]1)S(=O)(=O)CCC(C)(C)C. The van der Waals surface area contributed by atoms with Crippen molar-refractivity contribution in [1.29, 1.82) is 0 Å². The molecule has 0 aliphatic carbocycles. The topological polar surface area (TPSA) is 79.0 Å². The molecule has 0 radical (unpaired) electrons. The summed E-state index contributed by atoms with van der Waals surface area (Å²) in [4.78, 5) is 3.91. The molecule has 0 atom stereocenters. The van der Waals surface area contributed by atoms with Gasteiger partial charge in [0.2, 0.25) is 10.0 Å². The maximum atomic E-state index is 12.0. The fourth-order valence-corrected chi connectivity index (χ4v) is 2.71. The van der Waals surface area contributed by atoms with Crippen LogP contribution in [0.5, 0.6) is 0 Å². The first-order chi connectivity index (χ1) is 7.71. The zero-order valence-electron chi connectivity index (χ0n) is 10.8. The second-order valence-corrected chi connectivity index (χ2v) is 7.51. The molecule has 0 spiro atoms. The van der Waals surface area contributed by atoms with Gasteiger partial charge in [-0.15, -0.1) is 0 Å². The molecule has 0 aromatic carbocycles. The Kier molecular flexibility index (Phi) is 4.26. The molecule has 7 heteroatoms. The summed E-state index contributed by atoms with van der Waals surface area (Å²) < 4.78 is 25.2. The van der Waals surface area contributed by atoms with Crippen LogP contribution in [0.15, 0.2) is 6.33 Å². The molecule has 0 aliphatic heterocycles. The Morgan fingerprint density at radius 1 is 1.41 bits per heavy atom. The maximum absolute atomic E-state index is 12.0. The number of hydrogen-bond acceptors (Lipinski definition) is 4. The Labute approximate surface area is 102 Å². The highest BCUT2D eigenvalue weighted by Gasteiger charge is 2.22. The zero-order valence-corrected chi connectivity index (χ0v) is 11.6. The molecule has 98 valence electrons. The number of H-pyrrole nitrogens is 1. The average molecular weight is 260 g/mol. The van der Waals surface area contributed by atoms with Crippen molar-refractivity contribution in [3.05, 3.63) is 12.2 Å². The van der Waals surface area contributed by atoms with Crippen LogP contribution < -0.4 is 0 Å². The van der Waals surface area contributed by atoms with Crippen LogP contribution in [0.25, 0.3) is 0 Å².